The molecule has 1 unspecified atom stereocenters. The number of rotatable bonds is 13. The Morgan fingerprint density at radius 2 is 1.45 bits per heavy atom. The van der Waals surface area contributed by atoms with E-state index >= 15 is 0 Å². The first-order valence-electron chi connectivity index (χ1n) is 17.1. The van der Waals surface area contributed by atoms with E-state index in [0.717, 1.165) is 58.7 Å². The molecular weight excluding hydrogens is 654 g/mol. The Hall–Kier alpha value is -4.14. The molecule has 9 heteroatoms. The molecule has 0 aliphatic heterocycles. The number of amides is 2. The fourth-order valence-corrected chi connectivity index (χ4v) is 7.82. The predicted molar refractivity (Wildman–Crippen MR) is 197 cm³/mol. The molecule has 1 atom stereocenters. The number of anilines is 1. The van der Waals surface area contributed by atoms with E-state index in [0.29, 0.717) is 10.7 Å². The number of hydrogen-bond donors (Lipinski definition) is 1. The Morgan fingerprint density at radius 3 is 2.06 bits per heavy atom. The van der Waals surface area contributed by atoms with Crippen LogP contribution in [0, 0.1) is 6.92 Å². The Labute approximate surface area is 296 Å². The van der Waals surface area contributed by atoms with Crippen molar-refractivity contribution in [3.05, 3.63) is 130 Å². The van der Waals surface area contributed by atoms with E-state index in [-0.39, 0.29) is 35.7 Å². The molecular formula is C40H46ClN3O4S. The minimum absolute atomic E-state index is 0.0323. The maximum absolute atomic E-state index is 14.7. The molecule has 258 valence electrons. The van der Waals surface area contributed by atoms with Gasteiger partial charge in [0, 0.05) is 24.0 Å². The molecule has 0 heterocycles. The van der Waals surface area contributed by atoms with Crippen LogP contribution in [-0.2, 0) is 32.6 Å². The summed E-state index contributed by atoms with van der Waals surface area (Å²) in [7, 11) is -4.17. The summed E-state index contributed by atoms with van der Waals surface area (Å²) in [4.78, 5) is 30.6. The molecule has 1 saturated carbocycles. The van der Waals surface area contributed by atoms with E-state index in [1.807, 2.05) is 61.5 Å². The third-order valence-corrected chi connectivity index (χ3v) is 11.3. The summed E-state index contributed by atoms with van der Waals surface area (Å²) in [6.07, 6.45) is 5.29. The second-order valence-corrected chi connectivity index (χ2v) is 15.6. The van der Waals surface area contributed by atoms with Gasteiger partial charge in [0.25, 0.3) is 10.0 Å². The maximum Gasteiger partial charge on any atom is 0.264 e. The molecule has 0 bridgehead atoms. The third-order valence-electron chi connectivity index (χ3n) is 9.22. The zero-order chi connectivity index (χ0) is 35.0. The third kappa shape index (κ3) is 9.52. The highest BCUT2D eigenvalue weighted by molar-refractivity contribution is 7.92. The van der Waals surface area contributed by atoms with Crippen LogP contribution in [0.2, 0.25) is 5.02 Å². The number of aryl methyl sites for hydroxylation is 1. The molecule has 7 nitrogen and oxygen atoms in total. The van der Waals surface area contributed by atoms with Gasteiger partial charge in [0.1, 0.15) is 12.6 Å². The quantitative estimate of drug-likeness (QED) is 0.153. The molecule has 0 radical (unpaired) electrons. The molecule has 1 fully saturated rings. The Balaban J connectivity index is 1.56. The van der Waals surface area contributed by atoms with E-state index in [9.17, 15) is 18.0 Å². The van der Waals surface area contributed by atoms with E-state index in [2.05, 4.69) is 19.2 Å². The van der Waals surface area contributed by atoms with Gasteiger partial charge in [-0.2, -0.15) is 0 Å². The van der Waals surface area contributed by atoms with Crippen molar-refractivity contribution in [1.82, 2.24) is 10.2 Å². The van der Waals surface area contributed by atoms with Gasteiger partial charge in [-0.25, -0.2) is 8.42 Å². The van der Waals surface area contributed by atoms with Gasteiger partial charge in [0.15, 0.2) is 0 Å². The summed E-state index contributed by atoms with van der Waals surface area (Å²) in [6, 6.07) is 29.8. The topological polar surface area (TPSA) is 86.8 Å². The lowest BCUT2D eigenvalue weighted by molar-refractivity contribution is -0.140. The number of hydrogen-bond acceptors (Lipinski definition) is 4. The second kappa shape index (κ2) is 16.5. The highest BCUT2D eigenvalue weighted by atomic mass is 35.5. The number of carbonyl (C=O) groups excluding carboxylic acids is 2. The van der Waals surface area contributed by atoms with Crippen LogP contribution in [0.25, 0.3) is 0 Å². The van der Waals surface area contributed by atoms with E-state index < -0.39 is 28.5 Å². The maximum atomic E-state index is 14.7. The molecule has 4 aromatic rings. The minimum atomic E-state index is -4.17. The van der Waals surface area contributed by atoms with Crippen LogP contribution < -0.4 is 9.62 Å². The molecule has 1 N–H and O–H groups in total. The van der Waals surface area contributed by atoms with Gasteiger partial charge in [-0.15, -0.1) is 0 Å². The standard InChI is InChI=1S/C40H46ClN3O4S/c1-29(2)33-18-22-36(23-19-33)44(49(47,48)37-24-14-30(3)15-25-37)28-39(45)43(27-32-16-20-34(41)21-17-32)38(26-31-10-6-4-7-11-31)40(46)42-35-12-8-5-9-13-35/h4,6-7,10-11,14-25,29,35,38H,5,8-9,12-13,26-28H2,1-3H3,(H,42,46). The first kappa shape index (κ1) is 36.1. The van der Waals surface area contributed by atoms with Crippen molar-refractivity contribution in [3.63, 3.8) is 0 Å². The lowest BCUT2D eigenvalue weighted by Crippen LogP contribution is -2.55. The summed E-state index contributed by atoms with van der Waals surface area (Å²) in [5.41, 5.74) is 4.01. The molecule has 4 aromatic carbocycles. The van der Waals surface area contributed by atoms with Gasteiger partial charge in [-0.05, 0) is 78.8 Å². The number of benzene rings is 4. The first-order valence-corrected chi connectivity index (χ1v) is 18.9. The van der Waals surface area contributed by atoms with Crippen molar-refractivity contribution in [2.24, 2.45) is 0 Å². The van der Waals surface area contributed by atoms with Crippen molar-refractivity contribution in [1.29, 1.82) is 0 Å². The zero-order valence-corrected chi connectivity index (χ0v) is 30.1. The molecule has 2 amide bonds. The van der Waals surface area contributed by atoms with Crippen LogP contribution in [0.15, 0.2) is 108 Å². The van der Waals surface area contributed by atoms with Gasteiger partial charge in [-0.1, -0.05) is 117 Å². The molecule has 0 spiro atoms. The summed E-state index contributed by atoms with van der Waals surface area (Å²) in [5, 5.41) is 3.80. The fraction of sp³-hybridized carbons (Fsp3) is 0.350. The number of halogens is 1. The largest absolute Gasteiger partial charge is 0.352 e. The molecule has 1 aliphatic carbocycles. The average molecular weight is 700 g/mol. The summed E-state index contributed by atoms with van der Waals surface area (Å²) >= 11 is 6.21. The monoisotopic (exact) mass is 699 g/mol. The van der Waals surface area contributed by atoms with Crippen molar-refractivity contribution < 1.29 is 18.0 Å². The average Bonchev–Trinajstić information content (AvgIpc) is 3.10. The van der Waals surface area contributed by atoms with Gasteiger partial charge in [0.05, 0.1) is 10.6 Å². The van der Waals surface area contributed by atoms with E-state index in [1.165, 1.54) is 4.90 Å². The van der Waals surface area contributed by atoms with Crippen molar-refractivity contribution in [3.8, 4) is 0 Å². The molecule has 49 heavy (non-hydrogen) atoms. The fourth-order valence-electron chi connectivity index (χ4n) is 6.28. The van der Waals surface area contributed by atoms with Gasteiger partial charge < -0.3 is 10.2 Å². The highest BCUT2D eigenvalue weighted by Crippen LogP contribution is 2.28. The van der Waals surface area contributed by atoms with E-state index in [4.69, 9.17) is 11.6 Å². The Morgan fingerprint density at radius 1 is 0.816 bits per heavy atom. The van der Waals surface area contributed by atoms with Crippen molar-refractivity contribution in [2.75, 3.05) is 10.8 Å². The lowest BCUT2D eigenvalue weighted by atomic mass is 9.94. The van der Waals surface area contributed by atoms with Crippen LogP contribution in [0.5, 0.6) is 0 Å². The van der Waals surface area contributed by atoms with Crippen LogP contribution in [0.3, 0.4) is 0 Å². The van der Waals surface area contributed by atoms with Gasteiger partial charge >= 0.3 is 0 Å². The Kier molecular flexibility index (Phi) is 12.2. The van der Waals surface area contributed by atoms with Crippen molar-refractivity contribution in [2.45, 2.75) is 88.7 Å². The van der Waals surface area contributed by atoms with Gasteiger partial charge in [0.2, 0.25) is 11.8 Å². The molecule has 5 rings (SSSR count). The number of nitrogens with one attached hydrogen (secondary N) is 1. The smallest absolute Gasteiger partial charge is 0.264 e. The normalized spacial score (nSPS) is 14.3. The number of sulfonamides is 1. The van der Waals surface area contributed by atoms with E-state index in [1.54, 1.807) is 48.5 Å². The van der Waals surface area contributed by atoms with Crippen LogP contribution in [0.1, 0.15) is 74.1 Å². The zero-order valence-electron chi connectivity index (χ0n) is 28.5. The summed E-state index contributed by atoms with van der Waals surface area (Å²) in [5.74, 6) is -0.486. The molecule has 1 aliphatic rings. The number of nitrogens with zero attached hydrogens (tertiary/aromatic N) is 2. The van der Waals surface area contributed by atoms with Crippen LogP contribution >= 0.6 is 11.6 Å². The highest BCUT2D eigenvalue weighted by Gasteiger charge is 2.35. The van der Waals surface area contributed by atoms with Crippen LogP contribution in [-0.4, -0.2) is 43.8 Å². The summed E-state index contributed by atoms with van der Waals surface area (Å²) in [6.45, 7) is 5.63. The lowest BCUT2D eigenvalue weighted by Gasteiger charge is -2.35. The SMILES string of the molecule is Cc1ccc(S(=O)(=O)N(CC(=O)N(Cc2ccc(Cl)cc2)C(Cc2ccccc2)C(=O)NC2CCCCC2)c2ccc(C(C)C)cc2)cc1. The van der Waals surface area contributed by atoms with Gasteiger partial charge in [-0.3, -0.25) is 13.9 Å². The van der Waals surface area contributed by atoms with Crippen molar-refractivity contribution >= 4 is 39.1 Å². The summed E-state index contributed by atoms with van der Waals surface area (Å²) < 4.78 is 29.8. The molecule has 0 saturated heterocycles. The predicted octanol–water partition coefficient (Wildman–Crippen LogP) is 8.06. The molecule has 0 aromatic heterocycles. The second-order valence-electron chi connectivity index (χ2n) is 13.3. The number of carbonyl (C=O) groups is 2. The van der Waals surface area contributed by atoms with Crippen LogP contribution in [0.4, 0.5) is 5.69 Å². The minimum Gasteiger partial charge on any atom is -0.352 e. The first-order chi connectivity index (χ1) is 23.5. The Bertz CT molecular complexity index is 1790.